The minimum absolute atomic E-state index is 0. The predicted molar refractivity (Wildman–Crippen MR) is 86.2 cm³/mol. The second-order valence-electron chi connectivity index (χ2n) is 3.92. The van der Waals surface area contributed by atoms with Gasteiger partial charge >= 0.3 is 0 Å². The van der Waals surface area contributed by atoms with Crippen molar-refractivity contribution in [1.29, 1.82) is 0 Å². The Balaban J connectivity index is -0.0000000626. The van der Waals surface area contributed by atoms with Gasteiger partial charge in [0.2, 0.25) is 0 Å². The maximum atomic E-state index is 7.57. The molecule has 0 saturated carbocycles. The number of aliphatic hydroxyl groups excluding tert-OH is 3. The quantitative estimate of drug-likeness (QED) is 0.469. The van der Waals surface area contributed by atoms with Gasteiger partial charge in [-0.15, -0.1) is 0 Å². The number of hydrogen-bond donors (Lipinski definition) is 3. The molecule has 0 unspecified atom stereocenters. The van der Waals surface area contributed by atoms with Crippen molar-refractivity contribution >= 4 is 0 Å². The zero-order valence-corrected chi connectivity index (χ0v) is 16.8. The molecule has 0 aliphatic rings. The molecule has 0 radical (unpaired) electrons. The molecule has 4 heteroatoms. The molecule has 0 aromatic heterocycles. The molecule has 20 heavy (non-hydrogen) atoms. The molecule has 0 aromatic rings. The van der Waals surface area contributed by atoms with Gasteiger partial charge in [-0.3, -0.25) is 0 Å². The van der Waals surface area contributed by atoms with E-state index in [0.717, 1.165) is 6.42 Å². The van der Waals surface area contributed by atoms with E-state index in [1.54, 1.807) is 20.8 Å². The van der Waals surface area contributed by atoms with Crippen molar-refractivity contribution in [2.24, 2.45) is 0 Å². The first-order valence-electron chi connectivity index (χ1n) is 7.78. The van der Waals surface area contributed by atoms with E-state index in [9.17, 15) is 0 Å². The van der Waals surface area contributed by atoms with Crippen LogP contribution in [0.2, 0.25) is 0 Å². The maximum absolute atomic E-state index is 7.57. The molecule has 0 aliphatic carbocycles. The summed E-state index contributed by atoms with van der Waals surface area (Å²) >= 11 is 0. The van der Waals surface area contributed by atoms with E-state index in [-0.39, 0.29) is 46.0 Å². The summed E-state index contributed by atoms with van der Waals surface area (Å²) in [6, 6.07) is 0. The number of unbranched alkanes of at least 4 members (excludes halogenated alkanes) is 7. The Morgan fingerprint density at radius 3 is 1.10 bits per heavy atom. The summed E-state index contributed by atoms with van der Waals surface area (Å²) in [5.74, 6) is 0. The van der Waals surface area contributed by atoms with Crippen molar-refractivity contribution in [2.75, 3.05) is 19.8 Å². The summed E-state index contributed by atoms with van der Waals surface area (Å²) in [6.45, 7) is 11.9. The van der Waals surface area contributed by atoms with Crippen LogP contribution < -0.4 is 0 Å². The largest absolute Gasteiger partial charge is 0.397 e. The zero-order valence-electron chi connectivity index (χ0n) is 14.3. The Hall–Kier alpha value is 0.763. The van der Waals surface area contributed by atoms with Gasteiger partial charge in [0.1, 0.15) is 0 Å². The third kappa shape index (κ3) is 98.2. The molecule has 0 amide bonds. The zero-order chi connectivity index (χ0) is 15.8. The molecule has 0 aliphatic heterocycles. The smallest absolute Gasteiger partial charge is 0.0402 e. The fourth-order valence-corrected chi connectivity index (χ4v) is 1.13. The molecule has 0 fully saturated rings. The summed E-state index contributed by atoms with van der Waals surface area (Å²) < 4.78 is 0. The molecule has 0 atom stereocenters. The molecule has 0 aromatic carbocycles. The van der Waals surface area contributed by atoms with Crippen LogP contribution in [0.15, 0.2) is 0 Å². The van der Waals surface area contributed by atoms with Gasteiger partial charge in [-0.1, -0.05) is 51.9 Å². The number of aliphatic hydroxyl groups is 3. The van der Waals surface area contributed by atoms with Gasteiger partial charge in [-0.05, 0) is 20.8 Å². The minimum atomic E-state index is 0. The molecule has 0 rings (SSSR count). The number of rotatable bonds is 7. The summed E-state index contributed by atoms with van der Waals surface area (Å²) in [5.41, 5.74) is 0. The van der Waals surface area contributed by atoms with E-state index < -0.39 is 0 Å². The maximum Gasteiger partial charge on any atom is 0.0402 e. The third-order valence-corrected chi connectivity index (χ3v) is 1.85. The summed E-state index contributed by atoms with van der Waals surface area (Å²) in [5, 5.41) is 22.7. The van der Waals surface area contributed by atoms with Gasteiger partial charge in [-0.25, -0.2) is 0 Å². The fourth-order valence-electron chi connectivity index (χ4n) is 1.13. The summed E-state index contributed by atoms with van der Waals surface area (Å²) in [6.07, 6.45) is 10.9. The molecule has 0 spiro atoms. The first kappa shape index (κ1) is 32.6. The normalized spacial score (nSPS) is 7.80. The van der Waals surface area contributed by atoms with Crippen LogP contribution in [0.25, 0.3) is 0 Å². The van der Waals surface area contributed by atoms with Gasteiger partial charge in [0, 0.05) is 46.0 Å². The predicted octanol–water partition coefficient (Wildman–Crippen LogP) is 3.95. The first-order valence-corrected chi connectivity index (χ1v) is 7.78. The second-order valence-corrected chi connectivity index (χ2v) is 3.92. The molecule has 3 nitrogen and oxygen atoms in total. The van der Waals surface area contributed by atoms with Crippen LogP contribution in [-0.4, -0.2) is 35.1 Å². The van der Waals surface area contributed by atoms with Crippen LogP contribution >= 0.6 is 0 Å². The van der Waals surface area contributed by atoms with Gasteiger partial charge in [-0.2, -0.15) is 6.42 Å². The van der Waals surface area contributed by atoms with Crippen LogP contribution in [0.3, 0.4) is 0 Å². The van der Waals surface area contributed by atoms with Crippen LogP contribution in [0.1, 0.15) is 79.1 Å². The Bertz CT molecular complexity index is 81.0. The molecular formula is C16H39O3Zr-. The van der Waals surface area contributed by atoms with Crippen molar-refractivity contribution in [3.63, 3.8) is 0 Å². The van der Waals surface area contributed by atoms with Crippen LogP contribution in [0.4, 0.5) is 0 Å². The van der Waals surface area contributed by atoms with E-state index in [4.69, 9.17) is 15.3 Å². The molecule has 0 bridgehead atoms. The molecule has 0 saturated heterocycles. The van der Waals surface area contributed by atoms with Crippen LogP contribution in [0.5, 0.6) is 0 Å². The Morgan fingerprint density at radius 2 is 0.850 bits per heavy atom. The van der Waals surface area contributed by atoms with E-state index in [0.29, 0.717) is 0 Å². The average molecular weight is 371 g/mol. The van der Waals surface area contributed by atoms with Crippen LogP contribution in [0, 0.1) is 6.92 Å². The van der Waals surface area contributed by atoms with Gasteiger partial charge in [0.15, 0.2) is 0 Å². The average Bonchev–Trinajstić information content (AvgIpc) is 2.37. The SMILES string of the molecule is CCO.CCO.CCO.[CH2-]CCCCCCCCC.[Zr]. The van der Waals surface area contributed by atoms with Crippen LogP contribution in [-0.2, 0) is 26.2 Å². The van der Waals surface area contributed by atoms with Crippen molar-refractivity contribution < 1.29 is 41.5 Å². The van der Waals surface area contributed by atoms with E-state index in [1.807, 2.05) is 0 Å². The van der Waals surface area contributed by atoms with Crippen molar-refractivity contribution in [2.45, 2.75) is 79.1 Å². The van der Waals surface area contributed by atoms with Gasteiger partial charge in [0.05, 0.1) is 0 Å². The Morgan fingerprint density at radius 1 is 0.600 bits per heavy atom. The topological polar surface area (TPSA) is 60.7 Å². The first-order chi connectivity index (χ1) is 9.16. The van der Waals surface area contributed by atoms with E-state index >= 15 is 0 Å². The van der Waals surface area contributed by atoms with Crippen molar-refractivity contribution in [3.05, 3.63) is 6.92 Å². The third-order valence-electron chi connectivity index (χ3n) is 1.85. The Labute approximate surface area is 147 Å². The summed E-state index contributed by atoms with van der Waals surface area (Å²) in [4.78, 5) is 0. The van der Waals surface area contributed by atoms with E-state index in [1.165, 1.54) is 44.9 Å². The van der Waals surface area contributed by atoms with Gasteiger partial charge in [0.25, 0.3) is 0 Å². The van der Waals surface area contributed by atoms with E-state index in [2.05, 4.69) is 13.8 Å². The Kier molecular flexibility index (Phi) is 82.1. The van der Waals surface area contributed by atoms with Gasteiger partial charge < -0.3 is 22.2 Å². The standard InChI is InChI=1S/C10H21.3C2H6O.Zr/c1-3-5-7-9-10-8-6-4-2;3*1-2-3;/h1,3-10H2,2H3;3*3H,2H2,1H3;/q-1;;;;. The monoisotopic (exact) mass is 369 g/mol. The minimum Gasteiger partial charge on any atom is -0.397 e. The second kappa shape index (κ2) is 50.3. The molecular weight excluding hydrogens is 331 g/mol. The molecule has 126 valence electrons. The fraction of sp³-hybridized carbons (Fsp3) is 0.938. The molecule has 0 heterocycles. The van der Waals surface area contributed by atoms with Crippen molar-refractivity contribution in [1.82, 2.24) is 0 Å². The summed E-state index contributed by atoms with van der Waals surface area (Å²) in [7, 11) is 0. The number of hydrogen-bond acceptors (Lipinski definition) is 3. The molecule has 3 N–H and O–H groups in total. The van der Waals surface area contributed by atoms with Crippen molar-refractivity contribution in [3.8, 4) is 0 Å².